The van der Waals surface area contributed by atoms with Crippen LogP contribution < -0.4 is 0 Å². The van der Waals surface area contributed by atoms with Crippen molar-refractivity contribution in [2.45, 2.75) is 64.0 Å². The summed E-state index contributed by atoms with van der Waals surface area (Å²) in [6.45, 7) is 11.1. The summed E-state index contributed by atoms with van der Waals surface area (Å²) in [4.78, 5) is 0. The lowest BCUT2D eigenvalue weighted by molar-refractivity contribution is 0.0145. The van der Waals surface area contributed by atoms with Crippen LogP contribution in [0.2, 0.25) is 23.2 Å². The number of fused-ring (bicyclic) bond motifs is 1. The third-order valence-corrected chi connectivity index (χ3v) is 9.58. The van der Waals surface area contributed by atoms with Crippen molar-refractivity contribution in [3.8, 4) is 0 Å². The Balaban J connectivity index is 2.24. The molecule has 1 aliphatic rings. The number of benzene rings is 1. The average Bonchev–Trinajstić information content (AvgIpc) is 2.31. The normalized spacial score (nSPS) is 23.6. The number of aliphatic hydroxyl groups excluding tert-OH is 1. The molecule has 112 valence electrons. The molecule has 1 N–H and O–H groups in total. The van der Waals surface area contributed by atoms with Gasteiger partial charge in [0.1, 0.15) is 6.10 Å². The van der Waals surface area contributed by atoms with Gasteiger partial charge in [-0.2, -0.15) is 0 Å². The van der Waals surface area contributed by atoms with Gasteiger partial charge in [-0.15, -0.1) is 0 Å². The summed E-state index contributed by atoms with van der Waals surface area (Å²) in [7, 11) is -1.88. The van der Waals surface area contributed by atoms with Crippen molar-refractivity contribution in [1.82, 2.24) is 0 Å². The Labute approximate surface area is 128 Å². The van der Waals surface area contributed by atoms with E-state index in [-0.39, 0.29) is 11.1 Å². The summed E-state index contributed by atoms with van der Waals surface area (Å²) in [5, 5.41) is 11.4. The summed E-state index contributed by atoms with van der Waals surface area (Å²) in [6, 6.07) is 5.84. The SMILES string of the molecule is CC(C)(C)[Si](C)(C)OC1CCc2cccc(Cl)c2[C@@H]1O. The number of aryl methyl sites for hydroxylation is 1. The van der Waals surface area contributed by atoms with Gasteiger partial charge in [-0.1, -0.05) is 44.5 Å². The molecule has 1 unspecified atom stereocenters. The van der Waals surface area contributed by atoms with Crippen LogP contribution in [-0.2, 0) is 10.8 Å². The first kappa shape index (κ1) is 16.0. The van der Waals surface area contributed by atoms with Gasteiger partial charge in [0.25, 0.3) is 0 Å². The molecular formula is C16H25ClO2Si. The van der Waals surface area contributed by atoms with Crippen molar-refractivity contribution in [1.29, 1.82) is 0 Å². The molecular weight excluding hydrogens is 288 g/mol. The Kier molecular flexibility index (Phi) is 4.37. The minimum Gasteiger partial charge on any atom is -0.411 e. The maximum Gasteiger partial charge on any atom is 0.192 e. The largest absolute Gasteiger partial charge is 0.411 e. The Hall–Kier alpha value is -0.353. The number of rotatable bonds is 2. The van der Waals surface area contributed by atoms with Crippen LogP contribution in [0.15, 0.2) is 18.2 Å². The van der Waals surface area contributed by atoms with E-state index in [9.17, 15) is 5.11 Å². The van der Waals surface area contributed by atoms with Crippen LogP contribution in [0.3, 0.4) is 0 Å². The maximum absolute atomic E-state index is 10.6. The summed E-state index contributed by atoms with van der Waals surface area (Å²) in [5.41, 5.74) is 2.02. The number of halogens is 1. The lowest BCUT2D eigenvalue weighted by Gasteiger charge is -2.42. The molecule has 0 heterocycles. The zero-order valence-electron chi connectivity index (χ0n) is 13.0. The van der Waals surface area contributed by atoms with Crippen LogP contribution in [0.1, 0.15) is 44.4 Å². The van der Waals surface area contributed by atoms with E-state index in [4.69, 9.17) is 16.0 Å². The van der Waals surface area contributed by atoms with E-state index in [0.29, 0.717) is 5.02 Å². The van der Waals surface area contributed by atoms with E-state index in [0.717, 1.165) is 24.0 Å². The molecule has 0 fully saturated rings. The molecule has 2 atom stereocenters. The molecule has 1 aromatic rings. The highest BCUT2D eigenvalue weighted by Gasteiger charge is 2.42. The molecule has 0 aliphatic heterocycles. The van der Waals surface area contributed by atoms with Crippen LogP contribution in [0.5, 0.6) is 0 Å². The van der Waals surface area contributed by atoms with Crippen LogP contribution in [0, 0.1) is 0 Å². The second-order valence-electron chi connectivity index (χ2n) is 7.21. The lowest BCUT2D eigenvalue weighted by Crippen LogP contribution is -2.46. The van der Waals surface area contributed by atoms with Crippen molar-refractivity contribution >= 4 is 19.9 Å². The molecule has 0 saturated carbocycles. The molecule has 2 rings (SSSR count). The standard InChI is InChI=1S/C16H25ClO2Si/c1-16(2,3)20(4,5)19-13-10-9-11-7-6-8-12(17)14(11)15(13)18/h6-8,13,15,18H,9-10H2,1-5H3/t13?,15-/m1/s1. The van der Waals surface area contributed by atoms with Gasteiger partial charge in [0, 0.05) is 10.6 Å². The van der Waals surface area contributed by atoms with E-state index in [1.165, 1.54) is 0 Å². The Bertz CT molecular complexity index is 494. The second kappa shape index (κ2) is 5.45. The van der Waals surface area contributed by atoms with E-state index >= 15 is 0 Å². The van der Waals surface area contributed by atoms with E-state index < -0.39 is 14.4 Å². The van der Waals surface area contributed by atoms with Gasteiger partial charge in [0.2, 0.25) is 0 Å². The Morgan fingerprint density at radius 2 is 1.95 bits per heavy atom. The zero-order chi connectivity index (χ0) is 15.1. The van der Waals surface area contributed by atoms with Crippen LogP contribution >= 0.6 is 11.6 Å². The van der Waals surface area contributed by atoms with Gasteiger partial charge in [-0.05, 0) is 42.6 Å². The third-order valence-electron chi connectivity index (χ3n) is 4.74. The van der Waals surface area contributed by atoms with Gasteiger partial charge >= 0.3 is 0 Å². The third kappa shape index (κ3) is 2.96. The fourth-order valence-electron chi connectivity index (χ4n) is 2.45. The van der Waals surface area contributed by atoms with Crippen molar-refractivity contribution < 1.29 is 9.53 Å². The first-order valence-electron chi connectivity index (χ1n) is 7.26. The summed E-state index contributed by atoms with van der Waals surface area (Å²) < 4.78 is 6.40. The minimum atomic E-state index is -1.88. The minimum absolute atomic E-state index is 0.136. The first-order chi connectivity index (χ1) is 9.13. The predicted octanol–water partition coefficient (Wildman–Crippen LogP) is 4.71. The smallest absolute Gasteiger partial charge is 0.192 e. The highest BCUT2D eigenvalue weighted by molar-refractivity contribution is 6.74. The van der Waals surface area contributed by atoms with Crippen LogP contribution in [0.4, 0.5) is 0 Å². The van der Waals surface area contributed by atoms with Gasteiger partial charge in [-0.3, -0.25) is 0 Å². The Morgan fingerprint density at radius 3 is 2.55 bits per heavy atom. The topological polar surface area (TPSA) is 29.5 Å². The molecule has 20 heavy (non-hydrogen) atoms. The van der Waals surface area contributed by atoms with Gasteiger partial charge in [0.15, 0.2) is 8.32 Å². The number of aliphatic hydroxyl groups is 1. The fraction of sp³-hybridized carbons (Fsp3) is 0.625. The van der Waals surface area contributed by atoms with Crippen LogP contribution in [0.25, 0.3) is 0 Å². The molecule has 1 aromatic carbocycles. The van der Waals surface area contributed by atoms with E-state index in [1.54, 1.807) is 0 Å². The molecule has 0 amide bonds. The van der Waals surface area contributed by atoms with Gasteiger partial charge < -0.3 is 9.53 Å². The van der Waals surface area contributed by atoms with Crippen molar-refractivity contribution in [2.24, 2.45) is 0 Å². The molecule has 0 bridgehead atoms. The van der Waals surface area contributed by atoms with Crippen molar-refractivity contribution in [2.75, 3.05) is 0 Å². The Morgan fingerprint density at radius 1 is 1.30 bits per heavy atom. The maximum atomic E-state index is 10.6. The molecule has 0 saturated heterocycles. The van der Waals surface area contributed by atoms with E-state index in [2.05, 4.69) is 33.9 Å². The van der Waals surface area contributed by atoms with Crippen molar-refractivity contribution in [3.05, 3.63) is 34.3 Å². The fourth-order valence-corrected chi connectivity index (χ4v) is 4.11. The van der Waals surface area contributed by atoms with Crippen LogP contribution in [-0.4, -0.2) is 19.5 Å². The summed E-state index contributed by atoms with van der Waals surface area (Å²) in [6.07, 6.45) is 1.04. The van der Waals surface area contributed by atoms with Gasteiger partial charge in [-0.25, -0.2) is 0 Å². The molecule has 4 heteroatoms. The molecule has 0 radical (unpaired) electrons. The average molecular weight is 313 g/mol. The summed E-state index contributed by atoms with van der Waals surface area (Å²) in [5.74, 6) is 0. The van der Waals surface area contributed by atoms with E-state index in [1.807, 2.05) is 18.2 Å². The first-order valence-corrected chi connectivity index (χ1v) is 10.6. The number of hydrogen-bond acceptors (Lipinski definition) is 2. The lowest BCUT2D eigenvalue weighted by atomic mass is 9.87. The molecule has 1 aliphatic carbocycles. The zero-order valence-corrected chi connectivity index (χ0v) is 14.8. The predicted molar refractivity (Wildman–Crippen MR) is 86.8 cm³/mol. The number of hydrogen-bond donors (Lipinski definition) is 1. The molecule has 0 spiro atoms. The quantitative estimate of drug-likeness (QED) is 0.801. The highest BCUT2D eigenvalue weighted by atomic mass is 35.5. The van der Waals surface area contributed by atoms with Gasteiger partial charge in [0.05, 0.1) is 6.10 Å². The molecule has 2 nitrogen and oxygen atoms in total. The second-order valence-corrected chi connectivity index (χ2v) is 12.4. The van der Waals surface area contributed by atoms with Crippen molar-refractivity contribution in [3.63, 3.8) is 0 Å². The molecule has 0 aromatic heterocycles. The highest BCUT2D eigenvalue weighted by Crippen LogP contribution is 2.42. The monoisotopic (exact) mass is 312 g/mol. The summed E-state index contributed by atoms with van der Waals surface area (Å²) >= 11 is 6.26.